The smallest absolute Gasteiger partial charge is 0.259 e. The third kappa shape index (κ3) is 4.26. The molecule has 0 bridgehead atoms. The summed E-state index contributed by atoms with van der Waals surface area (Å²) in [5.41, 5.74) is 1.13. The Bertz CT molecular complexity index is 866. The molecule has 0 atom stereocenters. The first-order valence-electron chi connectivity index (χ1n) is 7.31. The summed E-state index contributed by atoms with van der Waals surface area (Å²) >= 11 is 11.9. The largest absolute Gasteiger partial charge is 0.439 e. The van der Waals surface area contributed by atoms with Gasteiger partial charge in [-0.15, -0.1) is 0 Å². The maximum Gasteiger partial charge on any atom is 0.259 e. The number of carbonyl (C=O) groups excluding carboxylic acids is 1. The summed E-state index contributed by atoms with van der Waals surface area (Å²) in [5.74, 6) is 0.605. The van der Waals surface area contributed by atoms with Crippen molar-refractivity contribution in [3.63, 3.8) is 0 Å². The molecule has 0 N–H and O–H groups in total. The van der Waals surface area contributed by atoms with Crippen molar-refractivity contribution in [3.8, 4) is 11.6 Å². The third-order valence-corrected chi connectivity index (χ3v) is 3.82. The first kappa shape index (κ1) is 17.2. The quantitative estimate of drug-likeness (QED) is 0.655. The minimum Gasteiger partial charge on any atom is -0.439 e. The van der Waals surface area contributed by atoms with E-state index >= 15 is 0 Å². The van der Waals surface area contributed by atoms with Crippen LogP contribution in [0, 0.1) is 0 Å². The minimum absolute atomic E-state index is 0.196. The highest BCUT2D eigenvalue weighted by molar-refractivity contribution is 6.34. The van der Waals surface area contributed by atoms with Gasteiger partial charge in [-0.1, -0.05) is 23.2 Å². The predicted molar refractivity (Wildman–Crippen MR) is 97.7 cm³/mol. The summed E-state index contributed by atoms with van der Waals surface area (Å²) in [6, 6.07) is 11.7. The van der Waals surface area contributed by atoms with Gasteiger partial charge in [0.1, 0.15) is 5.75 Å². The van der Waals surface area contributed by atoms with Gasteiger partial charge in [0.15, 0.2) is 0 Å². The third-order valence-electron chi connectivity index (χ3n) is 3.38. The summed E-state index contributed by atoms with van der Waals surface area (Å²) in [7, 11) is 1.68. The van der Waals surface area contributed by atoms with E-state index in [1.54, 1.807) is 61.9 Å². The fraction of sp³-hybridized carbons (Fsp3) is 0.0556. The number of hydrogen-bond acceptors (Lipinski definition) is 4. The molecule has 5 nitrogen and oxygen atoms in total. The van der Waals surface area contributed by atoms with Crippen molar-refractivity contribution in [1.29, 1.82) is 0 Å². The van der Waals surface area contributed by atoms with Gasteiger partial charge in [0, 0.05) is 35.6 Å². The Morgan fingerprint density at radius 3 is 2.44 bits per heavy atom. The molecule has 3 rings (SSSR count). The monoisotopic (exact) mass is 373 g/mol. The van der Waals surface area contributed by atoms with Gasteiger partial charge < -0.3 is 9.64 Å². The van der Waals surface area contributed by atoms with Crippen LogP contribution < -0.4 is 9.64 Å². The van der Waals surface area contributed by atoms with Gasteiger partial charge >= 0.3 is 0 Å². The number of nitrogens with zero attached hydrogens (tertiary/aromatic N) is 3. The lowest BCUT2D eigenvalue weighted by molar-refractivity contribution is 0.0992. The summed E-state index contributed by atoms with van der Waals surface area (Å²) in [4.78, 5) is 22.2. The second-order valence-electron chi connectivity index (χ2n) is 5.17. The van der Waals surface area contributed by atoms with Crippen molar-refractivity contribution in [3.05, 3.63) is 76.7 Å². The van der Waals surface area contributed by atoms with Gasteiger partial charge in [-0.25, -0.2) is 4.98 Å². The van der Waals surface area contributed by atoms with Crippen molar-refractivity contribution in [1.82, 2.24) is 9.97 Å². The second-order valence-corrected chi connectivity index (χ2v) is 6.04. The number of benzene rings is 1. The summed E-state index contributed by atoms with van der Waals surface area (Å²) in [6.07, 6.45) is 4.72. The number of aromatic nitrogens is 2. The van der Waals surface area contributed by atoms with Crippen LogP contribution >= 0.6 is 23.2 Å². The molecule has 1 amide bonds. The van der Waals surface area contributed by atoms with Crippen LogP contribution in [-0.4, -0.2) is 22.9 Å². The highest BCUT2D eigenvalue weighted by Gasteiger charge is 2.14. The average Bonchev–Trinajstić information content (AvgIpc) is 2.61. The molecule has 0 aliphatic heterocycles. The van der Waals surface area contributed by atoms with Crippen molar-refractivity contribution < 1.29 is 9.53 Å². The maximum absolute atomic E-state index is 12.5. The molecule has 0 aliphatic carbocycles. The van der Waals surface area contributed by atoms with E-state index in [0.29, 0.717) is 32.9 Å². The van der Waals surface area contributed by atoms with E-state index < -0.39 is 0 Å². The molecule has 1 aromatic carbocycles. The van der Waals surface area contributed by atoms with Gasteiger partial charge in [-0.2, -0.15) is 0 Å². The van der Waals surface area contributed by atoms with Crippen LogP contribution in [0.3, 0.4) is 0 Å². The highest BCUT2D eigenvalue weighted by atomic mass is 35.5. The zero-order valence-electron chi connectivity index (χ0n) is 13.2. The SMILES string of the molecule is CN(C(=O)c1ccc(Oc2cc(Cl)cc(Cl)c2)nc1)c1cccnc1. The molecule has 3 aromatic rings. The lowest BCUT2D eigenvalue weighted by atomic mass is 10.2. The van der Waals surface area contributed by atoms with E-state index in [1.807, 2.05) is 0 Å². The van der Waals surface area contributed by atoms with Crippen LogP contribution in [0.1, 0.15) is 10.4 Å². The molecule has 0 aliphatic rings. The molecule has 126 valence electrons. The Morgan fingerprint density at radius 2 is 1.84 bits per heavy atom. The number of carbonyl (C=O) groups is 1. The first-order valence-corrected chi connectivity index (χ1v) is 8.06. The Hall–Kier alpha value is -2.63. The zero-order valence-corrected chi connectivity index (χ0v) is 14.7. The standard InChI is InChI=1S/C18H13Cl2N3O2/c1-23(15-3-2-6-21-11-15)18(24)12-4-5-17(22-10-12)25-16-8-13(19)7-14(20)9-16/h2-11H,1H3. The molecule has 7 heteroatoms. The molecule has 2 heterocycles. The number of hydrogen-bond donors (Lipinski definition) is 0. The lowest BCUT2D eigenvalue weighted by Crippen LogP contribution is -2.26. The molecule has 0 saturated heterocycles. The molecule has 0 unspecified atom stereocenters. The van der Waals surface area contributed by atoms with E-state index in [4.69, 9.17) is 27.9 Å². The van der Waals surface area contributed by atoms with Crippen LogP contribution in [0.25, 0.3) is 0 Å². The van der Waals surface area contributed by atoms with Gasteiger partial charge in [0.2, 0.25) is 5.88 Å². The fourth-order valence-electron chi connectivity index (χ4n) is 2.14. The van der Waals surface area contributed by atoms with Gasteiger partial charge in [0.25, 0.3) is 5.91 Å². The summed E-state index contributed by atoms with van der Waals surface area (Å²) < 4.78 is 5.60. The van der Waals surface area contributed by atoms with Crippen molar-refractivity contribution in [2.24, 2.45) is 0 Å². The van der Waals surface area contributed by atoms with E-state index in [-0.39, 0.29) is 5.91 Å². The van der Waals surface area contributed by atoms with E-state index in [1.165, 1.54) is 11.1 Å². The Morgan fingerprint density at radius 1 is 1.08 bits per heavy atom. The van der Waals surface area contributed by atoms with Crippen LogP contribution in [0.5, 0.6) is 11.6 Å². The average molecular weight is 374 g/mol. The van der Waals surface area contributed by atoms with Crippen LogP contribution in [0.15, 0.2) is 61.1 Å². The lowest BCUT2D eigenvalue weighted by Gasteiger charge is -2.16. The number of ether oxygens (including phenoxy) is 1. The Balaban J connectivity index is 1.74. The normalized spacial score (nSPS) is 10.4. The first-order chi connectivity index (χ1) is 12.0. The van der Waals surface area contributed by atoms with E-state index in [2.05, 4.69) is 9.97 Å². The number of rotatable bonds is 4. The Kier molecular flexibility index (Phi) is 5.16. The molecule has 0 spiro atoms. The minimum atomic E-state index is -0.196. The maximum atomic E-state index is 12.5. The van der Waals surface area contributed by atoms with Gasteiger partial charge in [-0.3, -0.25) is 9.78 Å². The topological polar surface area (TPSA) is 55.3 Å². The number of anilines is 1. The van der Waals surface area contributed by atoms with Crippen molar-refractivity contribution in [2.45, 2.75) is 0 Å². The van der Waals surface area contributed by atoms with Crippen LogP contribution in [0.4, 0.5) is 5.69 Å². The number of amides is 1. The zero-order chi connectivity index (χ0) is 17.8. The highest BCUT2D eigenvalue weighted by Crippen LogP contribution is 2.27. The van der Waals surface area contributed by atoms with Gasteiger partial charge in [0.05, 0.1) is 17.4 Å². The van der Waals surface area contributed by atoms with Crippen molar-refractivity contribution in [2.75, 3.05) is 11.9 Å². The van der Waals surface area contributed by atoms with Crippen LogP contribution in [-0.2, 0) is 0 Å². The molecule has 0 saturated carbocycles. The molecular formula is C18H13Cl2N3O2. The number of halogens is 2. The molecular weight excluding hydrogens is 361 g/mol. The van der Waals surface area contributed by atoms with E-state index in [0.717, 1.165) is 0 Å². The predicted octanol–water partition coefficient (Wildman–Crippen LogP) is 4.85. The molecule has 25 heavy (non-hydrogen) atoms. The molecule has 2 aromatic heterocycles. The Labute approximate surface area is 154 Å². The summed E-state index contributed by atoms with van der Waals surface area (Å²) in [5, 5.41) is 0.930. The van der Waals surface area contributed by atoms with E-state index in [9.17, 15) is 4.79 Å². The summed E-state index contributed by atoms with van der Waals surface area (Å²) in [6.45, 7) is 0. The van der Waals surface area contributed by atoms with Crippen molar-refractivity contribution >= 4 is 34.8 Å². The second kappa shape index (κ2) is 7.51. The molecule has 0 fully saturated rings. The molecule has 0 radical (unpaired) electrons. The fourth-order valence-corrected chi connectivity index (χ4v) is 2.64. The number of pyridine rings is 2. The van der Waals surface area contributed by atoms with Crippen LogP contribution in [0.2, 0.25) is 10.0 Å². The van der Waals surface area contributed by atoms with Gasteiger partial charge in [-0.05, 0) is 36.4 Å².